The van der Waals surface area contributed by atoms with Crippen LogP contribution in [0.1, 0.15) is 24.8 Å². The highest BCUT2D eigenvalue weighted by atomic mass is 32.2. The molecule has 0 radical (unpaired) electrons. The van der Waals surface area contributed by atoms with Crippen LogP contribution in [0.2, 0.25) is 0 Å². The number of unbranched alkanes of at least 4 members (excludes halogenated alkanes) is 1. The van der Waals surface area contributed by atoms with Crippen molar-refractivity contribution in [3.63, 3.8) is 0 Å². The molecular formula is C12H18N2O3S. The Hall–Kier alpha value is -1.40. The second kappa shape index (κ2) is 6.51. The van der Waals surface area contributed by atoms with Gasteiger partial charge in [0.2, 0.25) is 15.9 Å². The summed E-state index contributed by atoms with van der Waals surface area (Å²) in [6.07, 6.45) is 1.46. The lowest BCUT2D eigenvalue weighted by Gasteiger charge is -2.06. The van der Waals surface area contributed by atoms with Gasteiger partial charge in [-0.15, -0.1) is 0 Å². The number of carbonyl (C=O) groups excluding carboxylic acids is 1. The third-order valence-corrected chi connectivity index (χ3v) is 3.95. The van der Waals surface area contributed by atoms with E-state index in [1.165, 1.54) is 0 Å². The van der Waals surface area contributed by atoms with E-state index >= 15 is 0 Å². The lowest BCUT2D eigenvalue weighted by molar-refractivity contribution is -0.118. The molecule has 0 aromatic heterocycles. The number of sulfonamides is 1. The van der Waals surface area contributed by atoms with Gasteiger partial charge < -0.3 is 5.73 Å². The number of rotatable bonds is 7. The predicted octanol–water partition coefficient (Wildman–Crippen LogP) is 0.929. The lowest BCUT2D eigenvalue weighted by atomic mass is 10.2. The summed E-state index contributed by atoms with van der Waals surface area (Å²) in [4.78, 5) is 10.7. The van der Waals surface area contributed by atoms with Crippen LogP contribution in [0.3, 0.4) is 0 Å². The summed E-state index contributed by atoms with van der Waals surface area (Å²) in [6, 6.07) is 6.64. The first-order chi connectivity index (χ1) is 8.42. The van der Waals surface area contributed by atoms with E-state index < -0.39 is 10.0 Å². The second-order valence-corrected chi connectivity index (χ2v) is 5.90. The number of hydrogen-bond acceptors (Lipinski definition) is 3. The first kappa shape index (κ1) is 14.7. The van der Waals surface area contributed by atoms with E-state index in [4.69, 9.17) is 5.73 Å². The maximum atomic E-state index is 11.8. The fourth-order valence-corrected chi connectivity index (χ4v) is 2.51. The molecule has 0 aliphatic carbocycles. The minimum Gasteiger partial charge on any atom is -0.370 e. The Balaban J connectivity index is 2.45. The van der Waals surface area contributed by atoms with Crippen LogP contribution in [0.5, 0.6) is 0 Å². The molecule has 1 amide bonds. The zero-order valence-electron chi connectivity index (χ0n) is 10.3. The number of nitrogens with one attached hydrogen (secondary N) is 1. The maximum Gasteiger partial charge on any atom is 0.240 e. The van der Waals surface area contributed by atoms with Crippen LogP contribution in [-0.2, 0) is 14.8 Å². The van der Waals surface area contributed by atoms with E-state index in [0.29, 0.717) is 19.4 Å². The van der Waals surface area contributed by atoms with Crippen molar-refractivity contribution in [1.82, 2.24) is 4.72 Å². The Kier molecular flexibility index (Phi) is 5.30. The van der Waals surface area contributed by atoms with Crippen LogP contribution in [0.4, 0.5) is 0 Å². The maximum absolute atomic E-state index is 11.8. The normalized spacial score (nSPS) is 11.4. The van der Waals surface area contributed by atoms with E-state index in [1.807, 2.05) is 6.92 Å². The Morgan fingerprint density at radius 3 is 2.39 bits per heavy atom. The summed E-state index contributed by atoms with van der Waals surface area (Å²) in [6.45, 7) is 2.21. The highest BCUT2D eigenvalue weighted by molar-refractivity contribution is 7.89. The van der Waals surface area contributed by atoms with Crippen LogP contribution in [0.25, 0.3) is 0 Å². The van der Waals surface area contributed by atoms with Crippen LogP contribution >= 0.6 is 0 Å². The quantitative estimate of drug-likeness (QED) is 0.722. The van der Waals surface area contributed by atoms with Gasteiger partial charge in [0.1, 0.15) is 0 Å². The minimum atomic E-state index is -3.44. The van der Waals surface area contributed by atoms with Crippen molar-refractivity contribution in [2.75, 3.05) is 6.54 Å². The molecule has 1 rings (SSSR count). The molecule has 0 aliphatic rings. The van der Waals surface area contributed by atoms with Gasteiger partial charge in [-0.3, -0.25) is 4.79 Å². The van der Waals surface area contributed by atoms with Gasteiger partial charge in [0.15, 0.2) is 0 Å². The molecule has 5 nitrogen and oxygen atoms in total. The van der Waals surface area contributed by atoms with Gasteiger partial charge in [0.25, 0.3) is 0 Å². The zero-order chi connectivity index (χ0) is 13.6. The molecule has 0 aliphatic heterocycles. The molecule has 3 N–H and O–H groups in total. The monoisotopic (exact) mass is 270 g/mol. The molecule has 0 unspecified atom stereocenters. The number of nitrogens with two attached hydrogens (primary N) is 1. The summed E-state index contributed by atoms with van der Waals surface area (Å²) < 4.78 is 26.2. The molecule has 0 bridgehead atoms. The van der Waals surface area contributed by atoms with E-state index in [2.05, 4.69) is 4.72 Å². The highest BCUT2D eigenvalue weighted by Crippen LogP contribution is 2.09. The molecule has 0 fully saturated rings. The van der Waals surface area contributed by atoms with Crippen LogP contribution < -0.4 is 10.5 Å². The van der Waals surface area contributed by atoms with E-state index in [-0.39, 0.29) is 17.2 Å². The topological polar surface area (TPSA) is 89.3 Å². The third-order valence-electron chi connectivity index (χ3n) is 2.47. The van der Waals surface area contributed by atoms with Gasteiger partial charge >= 0.3 is 0 Å². The number of amides is 1. The molecular weight excluding hydrogens is 252 g/mol. The Morgan fingerprint density at radius 2 is 1.83 bits per heavy atom. The fraction of sp³-hybridized carbons (Fsp3) is 0.417. The number of aryl methyl sites for hydroxylation is 1. The van der Waals surface area contributed by atoms with Crippen molar-refractivity contribution < 1.29 is 13.2 Å². The number of carbonyl (C=O) groups is 1. The van der Waals surface area contributed by atoms with Crippen molar-refractivity contribution in [2.45, 2.75) is 31.1 Å². The van der Waals surface area contributed by atoms with Crippen LogP contribution in [0, 0.1) is 6.92 Å². The number of primary amides is 1. The molecule has 6 heteroatoms. The zero-order valence-corrected chi connectivity index (χ0v) is 11.2. The molecule has 0 heterocycles. The van der Waals surface area contributed by atoms with Crippen molar-refractivity contribution in [2.24, 2.45) is 5.73 Å². The Bertz CT molecular complexity index is 495. The van der Waals surface area contributed by atoms with Gasteiger partial charge in [-0.05, 0) is 31.9 Å². The average molecular weight is 270 g/mol. The van der Waals surface area contributed by atoms with Gasteiger partial charge in [0, 0.05) is 13.0 Å². The molecule has 100 valence electrons. The summed E-state index contributed by atoms with van der Waals surface area (Å²) >= 11 is 0. The molecule has 0 saturated carbocycles. The van der Waals surface area contributed by atoms with Crippen molar-refractivity contribution in [1.29, 1.82) is 0 Å². The van der Waals surface area contributed by atoms with E-state index in [9.17, 15) is 13.2 Å². The Morgan fingerprint density at radius 1 is 1.22 bits per heavy atom. The van der Waals surface area contributed by atoms with Crippen molar-refractivity contribution in [3.8, 4) is 0 Å². The van der Waals surface area contributed by atoms with Crippen LogP contribution in [0.15, 0.2) is 29.2 Å². The largest absolute Gasteiger partial charge is 0.370 e. The Labute approximate surface area is 107 Å². The standard InChI is InChI=1S/C12H18N2O3S/c1-10-5-7-11(8-6-10)18(16,17)14-9-3-2-4-12(13)15/h5-8,14H,2-4,9H2,1H3,(H2,13,15). The van der Waals surface area contributed by atoms with Crippen LogP contribution in [-0.4, -0.2) is 20.9 Å². The van der Waals surface area contributed by atoms with Gasteiger partial charge in [0.05, 0.1) is 4.90 Å². The molecule has 0 atom stereocenters. The summed E-state index contributed by atoms with van der Waals surface area (Å²) in [5.41, 5.74) is 6.00. The fourth-order valence-electron chi connectivity index (χ4n) is 1.43. The molecule has 0 spiro atoms. The first-order valence-corrected chi connectivity index (χ1v) is 7.25. The van der Waals surface area contributed by atoms with E-state index in [0.717, 1.165) is 5.56 Å². The summed E-state index contributed by atoms with van der Waals surface area (Å²) in [5, 5.41) is 0. The van der Waals surface area contributed by atoms with Gasteiger partial charge in [-0.2, -0.15) is 0 Å². The average Bonchev–Trinajstić information content (AvgIpc) is 2.28. The third kappa shape index (κ3) is 4.85. The SMILES string of the molecule is Cc1ccc(S(=O)(=O)NCCCCC(N)=O)cc1. The van der Waals surface area contributed by atoms with Gasteiger partial charge in [-0.25, -0.2) is 13.1 Å². The highest BCUT2D eigenvalue weighted by Gasteiger charge is 2.12. The summed E-state index contributed by atoms with van der Waals surface area (Å²) in [5.74, 6) is -0.364. The minimum absolute atomic E-state index is 0.253. The van der Waals surface area contributed by atoms with E-state index in [1.54, 1.807) is 24.3 Å². The molecule has 18 heavy (non-hydrogen) atoms. The molecule has 1 aromatic rings. The van der Waals surface area contributed by atoms with Crippen molar-refractivity contribution in [3.05, 3.63) is 29.8 Å². The smallest absolute Gasteiger partial charge is 0.240 e. The predicted molar refractivity (Wildman–Crippen MR) is 69.4 cm³/mol. The van der Waals surface area contributed by atoms with Gasteiger partial charge in [-0.1, -0.05) is 17.7 Å². The van der Waals surface area contributed by atoms with Crippen molar-refractivity contribution >= 4 is 15.9 Å². The lowest BCUT2D eigenvalue weighted by Crippen LogP contribution is -2.25. The first-order valence-electron chi connectivity index (χ1n) is 5.76. The molecule has 1 aromatic carbocycles. The number of hydrogen-bond donors (Lipinski definition) is 2. The number of benzene rings is 1. The molecule has 0 saturated heterocycles. The second-order valence-electron chi connectivity index (χ2n) is 4.13. The summed E-state index contributed by atoms with van der Waals surface area (Å²) in [7, 11) is -3.44.